The summed E-state index contributed by atoms with van der Waals surface area (Å²) in [6.07, 6.45) is 0.360. The van der Waals surface area contributed by atoms with Crippen molar-refractivity contribution in [2.45, 2.75) is 6.42 Å². The second kappa shape index (κ2) is 6.19. The molecule has 112 valence electrons. The molecule has 6 heteroatoms. The van der Waals surface area contributed by atoms with Gasteiger partial charge in [-0.15, -0.1) is 11.3 Å². The first-order valence-corrected chi connectivity index (χ1v) is 7.42. The van der Waals surface area contributed by atoms with Gasteiger partial charge >= 0.3 is 5.97 Å². The summed E-state index contributed by atoms with van der Waals surface area (Å²) in [7, 11) is 0. The van der Waals surface area contributed by atoms with E-state index in [1.165, 1.54) is 17.4 Å². The number of halogens is 2. The Morgan fingerprint density at radius 1 is 1.14 bits per heavy atom. The molecule has 0 saturated heterocycles. The van der Waals surface area contributed by atoms with Crippen molar-refractivity contribution in [3.63, 3.8) is 0 Å². The lowest BCUT2D eigenvalue weighted by Gasteiger charge is -2.02. The van der Waals surface area contributed by atoms with E-state index in [0.717, 1.165) is 6.07 Å². The number of carbonyl (C=O) groups excluding carboxylic acids is 1. The molecule has 0 atom stereocenters. The van der Waals surface area contributed by atoms with Crippen molar-refractivity contribution in [2.24, 2.45) is 0 Å². The van der Waals surface area contributed by atoms with Crippen LogP contribution in [0.4, 0.5) is 8.78 Å². The molecule has 22 heavy (non-hydrogen) atoms. The number of fused-ring (bicyclic) bond motifs is 1. The van der Waals surface area contributed by atoms with Gasteiger partial charge in [0.2, 0.25) is 0 Å². The lowest BCUT2D eigenvalue weighted by molar-refractivity contribution is 0.0509. The minimum Gasteiger partial charge on any atom is -0.462 e. The summed E-state index contributed by atoms with van der Waals surface area (Å²) in [4.78, 5) is 15.8. The second-order valence-electron chi connectivity index (χ2n) is 4.57. The highest BCUT2D eigenvalue weighted by atomic mass is 32.1. The Labute approximate surface area is 129 Å². The van der Waals surface area contributed by atoms with Gasteiger partial charge in [-0.3, -0.25) is 0 Å². The number of thiazole rings is 1. The predicted octanol–water partition coefficient (Wildman–Crippen LogP) is 3.97. The number of benzene rings is 2. The van der Waals surface area contributed by atoms with E-state index in [0.29, 0.717) is 21.7 Å². The largest absolute Gasteiger partial charge is 0.462 e. The SMILES string of the molecule is O=C(OCCc1nc2c(F)c(F)ccc2s1)c1ccccc1. The maximum absolute atomic E-state index is 13.6. The van der Waals surface area contributed by atoms with Gasteiger partial charge in [-0.25, -0.2) is 18.6 Å². The highest BCUT2D eigenvalue weighted by Gasteiger charge is 2.13. The molecule has 1 heterocycles. The summed E-state index contributed by atoms with van der Waals surface area (Å²) in [5, 5.41) is 0.598. The van der Waals surface area contributed by atoms with Gasteiger partial charge in [-0.2, -0.15) is 0 Å². The summed E-state index contributed by atoms with van der Waals surface area (Å²) in [6.45, 7) is 0.137. The van der Waals surface area contributed by atoms with Gasteiger partial charge in [0, 0.05) is 6.42 Å². The van der Waals surface area contributed by atoms with Crippen molar-refractivity contribution in [2.75, 3.05) is 6.61 Å². The molecule has 0 unspecified atom stereocenters. The average Bonchev–Trinajstić information content (AvgIpc) is 2.95. The molecule has 0 amide bonds. The fourth-order valence-electron chi connectivity index (χ4n) is 1.98. The Bertz CT molecular complexity index is 818. The van der Waals surface area contributed by atoms with Crippen LogP contribution in [0, 0.1) is 11.6 Å². The first-order chi connectivity index (χ1) is 10.6. The Kier molecular flexibility index (Phi) is 4.11. The van der Waals surface area contributed by atoms with Crippen LogP contribution in [-0.4, -0.2) is 17.6 Å². The number of rotatable bonds is 4. The topological polar surface area (TPSA) is 39.2 Å². The highest BCUT2D eigenvalue weighted by Crippen LogP contribution is 2.26. The summed E-state index contributed by atoms with van der Waals surface area (Å²) in [6, 6.07) is 11.2. The van der Waals surface area contributed by atoms with E-state index in [-0.39, 0.29) is 12.1 Å². The molecular formula is C16H11F2NO2S. The first-order valence-electron chi connectivity index (χ1n) is 6.61. The minimum absolute atomic E-state index is 0.0226. The van der Waals surface area contributed by atoms with Crippen molar-refractivity contribution in [3.8, 4) is 0 Å². The van der Waals surface area contributed by atoms with E-state index >= 15 is 0 Å². The summed E-state index contributed by atoms with van der Waals surface area (Å²) in [5.74, 6) is -2.28. The monoisotopic (exact) mass is 319 g/mol. The smallest absolute Gasteiger partial charge is 0.338 e. The van der Waals surface area contributed by atoms with Crippen LogP contribution in [0.25, 0.3) is 10.2 Å². The quantitative estimate of drug-likeness (QED) is 0.683. The lowest BCUT2D eigenvalue weighted by atomic mass is 10.2. The van der Waals surface area contributed by atoms with Crippen molar-refractivity contribution in [1.82, 2.24) is 4.98 Å². The molecule has 0 fully saturated rings. The highest BCUT2D eigenvalue weighted by molar-refractivity contribution is 7.18. The predicted molar refractivity (Wildman–Crippen MR) is 80.0 cm³/mol. The van der Waals surface area contributed by atoms with Gasteiger partial charge in [0.15, 0.2) is 11.6 Å². The molecule has 0 aliphatic rings. The van der Waals surface area contributed by atoms with Crippen LogP contribution in [0.15, 0.2) is 42.5 Å². The number of carbonyl (C=O) groups is 1. The fourth-order valence-corrected chi connectivity index (χ4v) is 2.92. The number of ether oxygens (including phenoxy) is 1. The van der Waals surface area contributed by atoms with E-state index < -0.39 is 17.6 Å². The van der Waals surface area contributed by atoms with Gasteiger partial charge in [-0.05, 0) is 24.3 Å². The molecule has 0 radical (unpaired) electrons. The van der Waals surface area contributed by atoms with Crippen LogP contribution >= 0.6 is 11.3 Å². The van der Waals surface area contributed by atoms with E-state index in [2.05, 4.69) is 4.98 Å². The van der Waals surface area contributed by atoms with Crippen molar-refractivity contribution in [1.29, 1.82) is 0 Å². The van der Waals surface area contributed by atoms with Gasteiger partial charge in [-0.1, -0.05) is 18.2 Å². The molecule has 0 aliphatic carbocycles. The zero-order valence-corrected chi connectivity index (χ0v) is 12.2. The molecule has 0 saturated carbocycles. The number of hydrogen-bond acceptors (Lipinski definition) is 4. The Hall–Kier alpha value is -2.34. The molecule has 0 bridgehead atoms. The molecule has 0 N–H and O–H groups in total. The van der Waals surface area contributed by atoms with Gasteiger partial charge in [0.1, 0.15) is 5.52 Å². The van der Waals surface area contributed by atoms with Crippen LogP contribution in [0.1, 0.15) is 15.4 Å². The summed E-state index contributed by atoms with van der Waals surface area (Å²) >= 11 is 1.26. The van der Waals surface area contributed by atoms with Crippen LogP contribution in [-0.2, 0) is 11.2 Å². The second-order valence-corrected chi connectivity index (χ2v) is 5.68. The molecule has 3 rings (SSSR count). The lowest BCUT2D eigenvalue weighted by Crippen LogP contribution is -2.07. The average molecular weight is 319 g/mol. The third-order valence-corrected chi connectivity index (χ3v) is 4.14. The molecule has 0 spiro atoms. The number of esters is 1. The third kappa shape index (κ3) is 2.96. The molecular weight excluding hydrogens is 308 g/mol. The van der Waals surface area contributed by atoms with Gasteiger partial charge in [0.05, 0.1) is 21.9 Å². The van der Waals surface area contributed by atoms with E-state index in [4.69, 9.17) is 4.74 Å². The maximum Gasteiger partial charge on any atom is 0.338 e. The molecule has 0 aliphatic heterocycles. The normalized spacial score (nSPS) is 10.8. The maximum atomic E-state index is 13.6. The molecule has 3 nitrogen and oxygen atoms in total. The molecule has 1 aromatic heterocycles. The number of hydrogen-bond donors (Lipinski definition) is 0. The first kappa shape index (κ1) is 14.6. The van der Waals surface area contributed by atoms with Crippen LogP contribution in [0.3, 0.4) is 0 Å². The zero-order valence-electron chi connectivity index (χ0n) is 11.4. The van der Waals surface area contributed by atoms with Crippen LogP contribution in [0.2, 0.25) is 0 Å². The van der Waals surface area contributed by atoms with Crippen LogP contribution in [0.5, 0.6) is 0 Å². The van der Waals surface area contributed by atoms with E-state index in [9.17, 15) is 13.6 Å². The standard InChI is InChI=1S/C16H11F2NO2S/c17-11-6-7-12-15(14(11)18)19-13(22-12)8-9-21-16(20)10-4-2-1-3-5-10/h1-7H,8-9H2. The zero-order chi connectivity index (χ0) is 15.5. The van der Waals surface area contributed by atoms with Crippen LogP contribution < -0.4 is 0 Å². The van der Waals surface area contributed by atoms with Crippen molar-refractivity contribution < 1.29 is 18.3 Å². The number of nitrogens with zero attached hydrogens (tertiary/aromatic N) is 1. The summed E-state index contributed by atoms with van der Waals surface area (Å²) < 4.78 is 32.4. The van der Waals surface area contributed by atoms with E-state index in [1.54, 1.807) is 24.3 Å². The van der Waals surface area contributed by atoms with Crippen molar-refractivity contribution >= 4 is 27.5 Å². The Morgan fingerprint density at radius 2 is 1.91 bits per heavy atom. The van der Waals surface area contributed by atoms with Gasteiger partial charge < -0.3 is 4.74 Å². The fraction of sp³-hybridized carbons (Fsp3) is 0.125. The summed E-state index contributed by atoms with van der Waals surface area (Å²) in [5.41, 5.74) is 0.495. The van der Waals surface area contributed by atoms with Gasteiger partial charge in [0.25, 0.3) is 0 Å². The molecule has 3 aromatic rings. The number of aromatic nitrogens is 1. The van der Waals surface area contributed by atoms with Crippen molar-refractivity contribution in [3.05, 3.63) is 64.7 Å². The Balaban J connectivity index is 1.65. The Morgan fingerprint density at radius 3 is 2.68 bits per heavy atom. The minimum atomic E-state index is -0.943. The molecule has 2 aromatic carbocycles. The van der Waals surface area contributed by atoms with E-state index in [1.807, 2.05) is 6.07 Å². The third-order valence-electron chi connectivity index (χ3n) is 3.05.